The van der Waals surface area contributed by atoms with Crippen LogP contribution in [0.2, 0.25) is 5.02 Å². The Morgan fingerprint density at radius 1 is 1.03 bits per heavy atom. The van der Waals surface area contributed by atoms with Gasteiger partial charge in [0.2, 0.25) is 0 Å². The molecule has 1 aliphatic rings. The maximum atomic E-state index is 12.7. The standard InChI is InChI=1S/C22H20ClN5O/c23-21-20(15-25-28(22(21)29)19-7-2-1-3-8-19)27-11-9-26(10-12-27)16-18-6-4-5-17(13-18)14-24/h1-8,13,15H,9-12,16H2. The van der Waals surface area contributed by atoms with Crippen LogP contribution in [0.3, 0.4) is 0 Å². The number of nitriles is 1. The first-order chi connectivity index (χ1) is 14.2. The van der Waals surface area contributed by atoms with Gasteiger partial charge in [0.15, 0.2) is 0 Å². The average Bonchev–Trinajstić information content (AvgIpc) is 2.77. The lowest BCUT2D eigenvalue weighted by molar-refractivity contribution is 0.250. The molecule has 0 unspecified atom stereocenters. The minimum atomic E-state index is -0.314. The molecule has 0 saturated carbocycles. The van der Waals surface area contributed by atoms with Gasteiger partial charge in [0.25, 0.3) is 5.56 Å². The Balaban J connectivity index is 1.45. The molecule has 0 radical (unpaired) electrons. The molecule has 0 spiro atoms. The highest BCUT2D eigenvalue weighted by Gasteiger charge is 2.21. The van der Waals surface area contributed by atoms with Gasteiger partial charge in [-0.3, -0.25) is 9.69 Å². The number of nitrogens with zero attached hydrogens (tertiary/aromatic N) is 5. The monoisotopic (exact) mass is 405 g/mol. The van der Waals surface area contributed by atoms with E-state index in [9.17, 15) is 4.79 Å². The van der Waals surface area contributed by atoms with Crippen LogP contribution in [0.4, 0.5) is 5.69 Å². The van der Waals surface area contributed by atoms with Crippen molar-refractivity contribution in [3.8, 4) is 11.8 Å². The van der Waals surface area contributed by atoms with Crippen LogP contribution in [-0.4, -0.2) is 40.9 Å². The highest BCUT2D eigenvalue weighted by atomic mass is 35.5. The van der Waals surface area contributed by atoms with Gasteiger partial charge in [-0.2, -0.15) is 15.0 Å². The SMILES string of the molecule is N#Cc1cccc(CN2CCN(c3cnn(-c4ccccc4)c(=O)c3Cl)CC2)c1. The van der Waals surface area contributed by atoms with Crippen molar-refractivity contribution in [3.05, 3.63) is 87.3 Å². The lowest BCUT2D eigenvalue weighted by Gasteiger charge is -2.36. The first kappa shape index (κ1) is 19.2. The topological polar surface area (TPSA) is 65.2 Å². The van der Waals surface area contributed by atoms with Gasteiger partial charge < -0.3 is 4.90 Å². The number of benzene rings is 2. The van der Waals surface area contributed by atoms with E-state index in [1.54, 1.807) is 6.20 Å². The summed E-state index contributed by atoms with van der Waals surface area (Å²) in [5.74, 6) is 0. The summed E-state index contributed by atoms with van der Waals surface area (Å²) >= 11 is 6.42. The third-order valence-corrected chi connectivity index (χ3v) is 5.43. The average molecular weight is 406 g/mol. The molecule has 146 valence electrons. The van der Waals surface area contributed by atoms with E-state index in [1.807, 2.05) is 54.6 Å². The predicted octanol–water partition coefficient (Wildman–Crippen LogP) is 3.08. The maximum Gasteiger partial charge on any atom is 0.292 e. The predicted molar refractivity (Wildman–Crippen MR) is 113 cm³/mol. The van der Waals surface area contributed by atoms with Gasteiger partial charge in [0.1, 0.15) is 5.02 Å². The van der Waals surface area contributed by atoms with Crippen molar-refractivity contribution in [1.82, 2.24) is 14.7 Å². The van der Waals surface area contributed by atoms with Crippen LogP contribution >= 0.6 is 11.6 Å². The Kier molecular flexibility index (Phi) is 5.61. The Hall–Kier alpha value is -3.14. The molecule has 29 heavy (non-hydrogen) atoms. The zero-order chi connectivity index (χ0) is 20.2. The molecule has 7 heteroatoms. The molecule has 4 rings (SSSR count). The van der Waals surface area contributed by atoms with Crippen LogP contribution in [-0.2, 0) is 6.54 Å². The smallest absolute Gasteiger partial charge is 0.292 e. The molecule has 1 saturated heterocycles. The Morgan fingerprint density at radius 3 is 2.52 bits per heavy atom. The molecular weight excluding hydrogens is 386 g/mol. The molecular formula is C22H20ClN5O. The number of hydrogen-bond donors (Lipinski definition) is 0. The van der Waals surface area contributed by atoms with Gasteiger partial charge >= 0.3 is 0 Å². The second-order valence-electron chi connectivity index (χ2n) is 6.97. The molecule has 2 heterocycles. The van der Waals surface area contributed by atoms with Crippen LogP contribution in [0.5, 0.6) is 0 Å². The fourth-order valence-electron chi connectivity index (χ4n) is 3.54. The second-order valence-corrected chi connectivity index (χ2v) is 7.35. The van der Waals surface area contributed by atoms with Crippen molar-refractivity contribution in [2.75, 3.05) is 31.1 Å². The molecule has 1 fully saturated rings. The zero-order valence-corrected chi connectivity index (χ0v) is 16.6. The van der Waals surface area contributed by atoms with Crippen molar-refractivity contribution in [3.63, 3.8) is 0 Å². The van der Waals surface area contributed by atoms with Gasteiger partial charge in [-0.25, -0.2) is 0 Å². The van der Waals surface area contributed by atoms with E-state index < -0.39 is 0 Å². The lowest BCUT2D eigenvalue weighted by Crippen LogP contribution is -2.46. The van der Waals surface area contributed by atoms with E-state index in [-0.39, 0.29) is 10.6 Å². The van der Waals surface area contributed by atoms with Gasteiger partial charge in [0, 0.05) is 32.7 Å². The largest absolute Gasteiger partial charge is 0.366 e. The molecule has 0 amide bonds. The van der Waals surface area contributed by atoms with Gasteiger partial charge in [-0.05, 0) is 29.8 Å². The van der Waals surface area contributed by atoms with Crippen molar-refractivity contribution in [2.45, 2.75) is 6.54 Å². The molecule has 0 N–H and O–H groups in total. The number of halogens is 1. The number of piperazine rings is 1. The van der Waals surface area contributed by atoms with Crippen LogP contribution in [0.15, 0.2) is 65.6 Å². The highest BCUT2D eigenvalue weighted by Crippen LogP contribution is 2.23. The summed E-state index contributed by atoms with van der Waals surface area (Å²) in [5.41, 5.74) is 2.86. The van der Waals surface area contributed by atoms with Crippen LogP contribution in [0, 0.1) is 11.3 Å². The van der Waals surface area contributed by atoms with E-state index >= 15 is 0 Å². The fourth-order valence-corrected chi connectivity index (χ4v) is 3.79. The van der Waals surface area contributed by atoms with Crippen molar-refractivity contribution < 1.29 is 0 Å². The van der Waals surface area contributed by atoms with Gasteiger partial charge in [-0.1, -0.05) is 41.9 Å². The van der Waals surface area contributed by atoms with Crippen molar-refractivity contribution in [2.24, 2.45) is 0 Å². The second kappa shape index (κ2) is 8.48. The molecule has 6 nitrogen and oxygen atoms in total. The molecule has 0 bridgehead atoms. The normalized spacial score (nSPS) is 14.6. The van der Waals surface area contributed by atoms with E-state index in [4.69, 9.17) is 16.9 Å². The third-order valence-electron chi connectivity index (χ3n) is 5.08. The Morgan fingerprint density at radius 2 is 1.79 bits per heavy atom. The van der Waals surface area contributed by atoms with E-state index in [2.05, 4.69) is 21.0 Å². The van der Waals surface area contributed by atoms with E-state index in [0.29, 0.717) is 16.9 Å². The summed E-state index contributed by atoms with van der Waals surface area (Å²) in [6.45, 7) is 4.00. The number of anilines is 1. The molecule has 3 aromatic rings. The summed E-state index contributed by atoms with van der Waals surface area (Å²) in [7, 11) is 0. The number of aromatic nitrogens is 2. The minimum Gasteiger partial charge on any atom is -0.366 e. The summed E-state index contributed by atoms with van der Waals surface area (Å²) in [6, 6.07) is 19.1. The first-order valence-electron chi connectivity index (χ1n) is 9.45. The summed E-state index contributed by atoms with van der Waals surface area (Å²) in [4.78, 5) is 17.1. The number of rotatable bonds is 4. The van der Waals surface area contributed by atoms with Crippen LogP contribution in [0.1, 0.15) is 11.1 Å². The van der Waals surface area contributed by atoms with E-state index in [1.165, 1.54) is 4.68 Å². The molecule has 0 aliphatic carbocycles. The quantitative estimate of drug-likeness (QED) is 0.667. The molecule has 1 aliphatic heterocycles. The van der Waals surface area contributed by atoms with Crippen molar-refractivity contribution >= 4 is 17.3 Å². The molecule has 0 atom stereocenters. The maximum absolute atomic E-state index is 12.7. The highest BCUT2D eigenvalue weighted by molar-refractivity contribution is 6.33. The summed E-state index contributed by atoms with van der Waals surface area (Å²) < 4.78 is 1.32. The fraction of sp³-hybridized carbons (Fsp3) is 0.227. The third kappa shape index (κ3) is 4.16. The van der Waals surface area contributed by atoms with Gasteiger partial charge in [-0.15, -0.1) is 0 Å². The van der Waals surface area contributed by atoms with E-state index in [0.717, 1.165) is 38.3 Å². The minimum absolute atomic E-state index is 0.194. The lowest BCUT2D eigenvalue weighted by atomic mass is 10.1. The number of para-hydroxylation sites is 1. The first-order valence-corrected chi connectivity index (χ1v) is 9.83. The molecule has 1 aromatic heterocycles. The van der Waals surface area contributed by atoms with Crippen LogP contribution in [0.25, 0.3) is 5.69 Å². The summed E-state index contributed by atoms with van der Waals surface area (Å²) in [6.07, 6.45) is 1.67. The Bertz CT molecular complexity index is 1100. The Labute approximate surface area is 174 Å². The van der Waals surface area contributed by atoms with Crippen LogP contribution < -0.4 is 10.5 Å². The molecule has 2 aromatic carbocycles. The zero-order valence-electron chi connectivity index (χ0n) is 15.8. The van der Waals surface area contributed by atoms with Crippen molar-refractivity contribution in [1.29, 1.82) is 5.26 Å². The summed E-state index contributed by atoms with van der Waals surface area (Å²) in [5, 5.41) is 13.6. The number of hydrogen-bond acceptors (Lipinski definition) is 5. The van der Waals surface area contributed by atoms with Gasteiger partial charge in [0.05, 0.1) is 29.2 Å².